The summed E-state index contributed by atoms with van der Waals surface area (Å²) in [6, 6.07) is 0.477. The molecular formula is C16H30N2O. The minimum Gasteiger partial charge on any atom is -0.341 e. The molecular weight excluding hydrogens is 236 g/mol. The minimum absolute atomic E-state index is 0.192. The molecule has 2 fully saturated rings. The Labute approximate surface area is 117 Å². The Bertz CT molecular complexity index is 286. The van der Waals surface area contributed by atoms with Gasteiger partial charge in [-0.2, -0.15) is 0 Å². The minimum atomic E-state index is 0.192. The van der Waals surface area contributed by atoms with Crippen molar-refractivity contribution >= 4 is 5.91 Å². The van der Waals surface area contributed by atoms with Crippen molar-refractivity contribution in [1.82, 2.24) is 4.90 Å². The highest BCUT2D eigenvalue weighted by atomic mass is 16.2. The fourth-order valence-corrected chi connectivity index (χ4v) is 3.79. The van der Waals surface area contributed by atoms with Crippen molar-refractivity contribution in [2.24, 2.45) is 11.7 Å². The maximum atomic E-state index is 12.3. The highest BCUT2D eigenvalue weighted by molar-refractivity contribution is 5.76. The van der Waals surface area contributed by atoms with Crippen LogP contribution in [0.4, 0.5) is 0 Å². The van der Waals surface area contributed by atoms with Gasteiger partial charge < -0.3 is 10.6 Å². The zero-order valence-corrected chi connectivity index (χ0v) is 12.4. The Morgan fingerprint density at radius 3 is 2.37 bits per heavy atom. The van der Waals surface area contributed by atoms with Crippen LogP contribution < -0.4 is 5.73 Å². The van der Waals surface area contributed by atoms with Crippen molar-refractivity contribution in [2.45, 2.75) is 82.7 Å². The quantitative estimate of drug-likeness (QED) is 0.850. The lowest BCUT2D eigenvalue weighted by Crippen LogP contribution is -2.50. The number of hydrogen-bond acceptors (Lipinski definition) is 2. The molecule has 2 unspecified atom stereocenters. The van der Waals surface area contributed by atoms with Crippen molar-refractivity contribution < 1.29 is 4.79 Å². The molecule has 0 aromatic rings. The summed E-state index contributed by atoms with van der Waals surface area (Å²) >= 11 is 0. The highest BCUT2D eigenvalue weighted by Crippen LogP contribution is 2.28. The van der Waals surface area contributed by atoms with Crippen LogP contribution in [-0.4, -0.2) is 29.9 Å². The van der Waals surface area contributed by atoms with Crippen molar-refractivity contribution in [3.63, 3.8) is 0 Å². The van der Waals surface area contributed by atoms with Gasteiger partial charge in [0, 0.05) is 25.6 Å². The van der Waals surface area contributed by atoms with E-state index in [9.17, 15) is 4.79 Å². The van der Waals surface area contributed by atoms with Crippen LogP contribution in [0.3, 0.4) is 0 Å². The summed E-state index contributed by atoms with van der Waals surface area (Å²) in [5.74, 6) is 1.11. The molecule has 0 heterocycles. The average Bonchev–Trinajstić information content (AvgIpc) is 2.45. The van der Waals surface area contributed by atoms with Gasteiger partial charge in [-0.25, -0.2) is 0 Å². The van der Waals surface area contributed by atoms with Crippen LogP contribution in [0.1, 0.15) is 70.6 Å². The first-order valence-corrected chi connectivity index (χ1v) is 8.19. The van der Waals surface area contributed by atoms with Gasteiger partial charge in [0.25, 0.3) is 0 Å². The molecule has 2 N–H and O–H groups in total. The molecule has 3 nitrogen and oxygen atoms in total. The molecule has 2 aliphatic rings. The summed E-state index contributed by atoms with van der Waals surface area (Å²) in [5.41, 5.74) is 6.16. The Kier molecular flexibility index (Phi) is 5.68. The topological polar surface area (TPSA) is 46.3 Å². The summed E-state index contributed by atoms with van der Waals surface area (Å²) < 4.78 is 0. The predicted molar refractivity (Wildman–Crippen MR) is 78.8 cm³/mol. The number of carbonyl (C=O) groups excluding carboxylic acids is 1. The lowest BCUT2D eigenvalue weighted by Gasteiger charge is -2.36. The van der Waals surface area contributed by atoms with Crippen LogP contribution in [-0.2, 0) is 4.79 Å². The second-order valence-electron chi connectivity index (χ2n) is 6.56. The molecule has 3 heteroatoms. The van der Waals surface area contributed by atoms with Crippen LogP contribution in [0.2, 0.25) is 0 Å². The molecule has 0 aromatic carbocycles. The van der Waals surface area contributed by atoms with E-state index in [1.807, 2.05) is 11.9 Å². The summed E-state index contributed by atoms with van der Waals surface area (Å²) in [4.78, 5) is 14.3. The third-order valence-electron chi connectivity index (χ3n) is 5.16. The number of hydrogen-bond donors (Lipinski definition) is 1. The lowest BCUT2D eigenvalue weighted by atomic mass is 9.85. The van der Waals surface area contributed by atoms with Gasteiger partial charge in [-0.3, -0.25) is 4.79 Å². The first-order valence-electron chi connectivity index (χ1n) is 8.19. The van der Waals surface area contributed by atoms with E-state index in [0.717, 1.165) is 31.6 Å². The van der Waals surface area contributed by atoms with Gasteiger partial charge in [-0.05, 0) is 25.2 Å². The fourth-order valence-electron chi connectivity index (χ4n) is 3.79. The summed E-state index contributed by atoms with van der Waals surface area (Å²) in [6.07, 6.45) is 13.2. The number of amides is 1. The van der Waals surface area contributed by atoms with Gasteiger partial charge in [-0.15, -0.1) is 0 Å². The predicted octanol–water partition coefficient (Wildman–Crippen LogP) is 3.08. The van der Waals surface area contributed by atoms with Crippen LogP contribution in [0, 0.1) is 5.92 Å². The fraction of sp³-hybridized carbons (Fsp3) is 0.938. The van der Waals surface area contributed by atoms with Crippen LogP contribution in [0.5, 0.6) is 0 Å². The first-order chi connectivity index (χ1) is 9.18. The van der Waals surface area contributed by atoms with Crippen molar-refractivity contribution in [2.75, 3.05) is 7.05 Å². The molecule has 0 aliphatic heterocycles. The Hall–Kier alpha value is -0.570. The van der Waals surface area contributed by atoms with Crippen molar-refractivity contribution in [3.8, 4) is 0 Å². The third-order valence-corrected chi connectivity index (χ3v) is 5.16. The second-order valence-corrected chi connectivity index (χ2v) is 6.56. The van der Waals surface area contributed by atoms with Gasteiger partial charge in [0.1, 0.15) is 0 Å². The van der Waals surface area contributed by atoms with E-state index in [1.54, 1.807) is 0 Å². The van der Waals surface area contributed by atoms with Crippen LogP contribution >= 0.6 is 0 Å². The maximum absolute atomic E-state index is 12.3. The van der Waals surface area contributed by atoms with Crippen LogP contribution in [0.25, 0.3) is 0 Å². The summed E-state index contributed by atoms with van der Waals surface area (Å²) in [6.45, 7) is 0. The van der Waals surface area contributed by atoms with Gasteiger partial charge in [0.05, 0.1) is 0 Å². The molecule has 2 rings (SSSR count). The third kappa shape index (κ3) is 4.20. The first kappa shape index (κ1) is 14.8. The van der Waals surface area contributed by atoms with Gasteiger partial charge in [-0.1, -0.05) is 44.9 Å². The molecule has 0 radical (unpaired) electrons. The number of carbonyl (C=O) groups is 1. The normalized spacial score (nSPS) is 29.2. The highest BCUT2D eigenvalue weighted by Gasteiger charge is 2.28. The van der Waals surface area contributed by atoms with Crippen molar-refractivity contribution in [3.05, 3.63) is 0 Å². The molecule has 0 saturated heterocycles. The van der Waals surface area contributed by atoms with E-state index in [2.05, 4.69) is 0 Å². The molecule has 19 heavy (non-hydrogen) atoms. The molecule has 1 amide bonds. The summed E-state index contributed by atoms with van der Waals surface area (Å²) in [7, 11) is 1.96. The average molecular weight is 266 g/mol. The smallest absolute Gasteiger partial charge is 0.222 e. The van der Waals surface area contributed by atoms with Crippen LogP contribution in [0.15, 0.2) is 0 Å². The molecule has 2 atom stereocenters. The molecule has 0 spiro atoms. The van der Waals surface area contributed by atoms with E-state index >= 15 is 0 Å². The monoisotopic (exact) mass is 266 g/mol. The number of nitrogens with two attached hydrogens (primary N) is 1. The number of likely N-dealkylation sites (N-methyl/N-ethyl adjacent to an activating group) is 1. The molecule has 2 aliphatic carbocycles. The Morgan fingerprint density at radius 1 is 1.05 bits per heavy atom. The number of rotatable bonds is 4. The van der Waals surface area contributed by atoms with E-state index in [4.69, 9.17) is 5.73 Å². The van der Waals surface area contributed by atoms with E-state index in [-0.39, 0.29) is 12.1 Å². The van der Waals surface area contributed by atoms with E-state index in [1.165, 1.54) is 44.9 Å². The molecule has 0 bridgehead atoms. The molecule has 110 valence electrons. The van der Waals surface area contributed by atoms with E-state index in [0.29, 0.717) is 5.91 Å². The maximum Gasteiger partial charge on any atom is 0.222 e. The largest absolute Gasteiger partial charge is 0.341 e. The molecule has 0 aromatic heterocycles. The van der Waals surface area contributed by atoms with Gasteiger partial charge in [0.15, 0.2) is 0 Å². The van der Waals surface area contributed by atoms with Gasteiger partial charge in [0.2, 0.25) is 5.91 Å². The standard InChI is InChI=1S/C16H30N2O/c1-18(15-10-6-5-9-14(15)17)16(19)12-11-13-7-3-2-4-8-13/h13-15H,2-12,17H2,1H3. The zero-order valence-electron chi connectivity index (χ0n) is 12.4. The number of nitrogens with zero attached hydrogens (tertiary/aromatic N) is 1. The van der Waals surface area contributed by atoms with Crippen molar-refractivity contribution in [1.29, 1.82) is 0 Å². The Balaban J connectivity index is 1.74. The Morgan fingerprint density at radius 2 is 1.68 bits per heavy atom. The lowest BCUT2D eigenvalue weighted by molar-refractivity contribution is -0.133. The SMILES string of the molecule is CN(C(=O)CCC1CCCCC1)C1CCCCC1N. The second kappa shape index (κ2) is 7.28. The zero-order chi connectivity index (χ0) is 13.7. The summed E-state index contributed by atoms with van der Waals surface area (Å²) in [5, 5.41) is 0. The van der Waals surface area contributed by atoms with E-state index < -0.39 is 0 Å². The van der Waals surface area contributed by atoms with Gasteiger partial charge >= 0.3 is 0 Å². The molecule has 2 saturated carbocycles.